The van der Waals surface area contributed by atoms with E-state index in [0.717, 1.165) is 31.2 Å². The van der Waals surface area contributed by atoms with E-state index in [2.05, 4.69) is 0 Å². The van der Waals surface area contributed by atoms with Crippen molar-refractivity contribution in [3.05, 3.63) is 59.7 Å². The van der Waals surface area contributed by atoms with Crippen molar-refractivity contribution in [2.24, 2.45) is 9.98 Å². The summed E-state index contributed by atoms with van der Waals surface area (Å²) in [5.41, 5.74) is 1.46. The maximum atomic E-state index is 12.0. The zero-order valence-electron chi connectivity index (χ0n) is 21.5. The molecule has 0 heterocycles. The average Bonchev–Trinajstić information content (AvgIpc) is 2.88. The molecule has 2 aromatic rings. The standard InChI is InChI=1S/C20H22N2O2.2C3H7O2.Al.Na/c23-19-11-5-1-7-15(19)13-21-17-9-3-4-10-18(17)22-14-16-8-2-6-12-20(16)24;2*1-5-3-2-4;;/h1-2,5-8,11-14,17-18,23-24H,3-4,9-10H2;2*2-3H2,1H3;;/q;2*-1;+3;+1/p-2/t17-,18-;;;;/m1..../s1. The van der Waals surface area contributed by atoms with Crippen molar-refractivity contribution in [1.82, 2.24) is 0 Å². The van der Waals surface area contributed by atoms with Crippen molar-refractivity contribution in [2.45, 2.75) is 37.8 Å². The molecule has 8 nitrogen and oxygen atoms in total. The number of rotatable bonds is 14. The van der Waals surface area contributed by atoms with E-state index in [9.17, 15) is 5.11 Å². The molecular weight excluding hydrogens is 486 g/mol. The summed E-state index contributed by atoms with van der Waals surface area (Å²) in [6, 6.07) is 14.8. The fourth-order valence-corrected chi connectivity index (χ4v) is 4.98. The van der Waals surface area contributed by atoms with Gasteiger partial charge in [0.25, 0.3) is 0 Å². The molecule has 0 amide bonds. The number of hydrogen-bond donors (Lipinski definition) is 0. The Morgan fingerprint density at radius 2 is 1.33 bits per heavy atom. The normalized spacial score (nSPS) is 17.8. The molecular formula is C26H34AlN2NaO6. The van der Waals surface area contributed by atoms with E-state index < -0.39 is 15.1 Å². The Morgan fingerprint density at radius 3 is 1.92 bits per heavy atom. The van der Waals surface area contributed by atoms with Crippen LogP contribution in [0.25, 0.3) is 0 Å². The third-order valence-corrected chi connectivity index (χ3v) is 7.11. The van der Waals surface area contributed by atoms with Gasteiger partial charge in [0.2, 0.25) is 0 Å². The van der Waals surface area contributed by atoms with Gasteiger partial charge in [-0.25, -0.2) is 0 Å². The average molecular weight is 521 g/mol. The number of methoxy groups -OCH3 is 2. The molecule has 0 unspecified atom stereocenters. The molecule has 2 aromatic carbocycles. The molecule has 36 heavy (non-hydrogen) atoms. The molecule has 1 fully saturated rings. The van der Waals surface area contributed by atoms with Crippen LogP contribution in [0.5, 0.6) is 11.5 Å². The number of nitrogens with zero attached hydrogens (tertiary/aromatic N) is 2. The maximum absolute atomic E-state index is 12.0. The Bertz CT molecular complexity index is 938. The number of para-hydroxylation sites is 2. The van der Waals surface area contributed by atoms with Crippen molar-refractivity contribution < 1.29 is 55.5 Å². The molecule has 0 aromatic heterocycles. The van der Waals surface area contributed by atoms with Gasteiger partial charge in [-0.05, 0) is 30.5 Å². The van der Waals surface area contributed by atoms with Gasteiger partial charge in [-0.15, -0.1) is 5.75 Å². The Balaban J connectivity index is 0.00000456. The van der Waals surface area contributed by atoms with Gasteiger partial charge in [0.1, 0.15) is 0 Å². The molecule has 1 saturated carbocycles. The molecule has 3 rings (SSSR count). The summed E-state index contributed by atoms with van der Waals surface area (Å²) in [5.74, 6) is 0.649. The molecule has 1 aliphatic carbocycles. The Morgan fingerprint density at radius 1 is 0.806 bits per heavy atom. The van der Waals surface area contributed by atoms with Crippen LogP contribution >= 0.6 is 0 Å². The molecule has 0 radical (unpaired) electrons. The van der Waals surface area contributed by atoms with Crippen LogP contribution in [0.15, 0.2) is 58.5 Å². The topological polar surface area (TPSA) is 93.9 Å². The van der Waals surface area contributed by atoms with Gasteiger partial charge in [0.15, 0.2) is 0 Å². The van der Waals surface area contributed by atoms with Crippen molar-refractivity contribution in [3.8, 4) is 11.5 Å². The van der Waals surface area contributed by atoms with E-state index >= 15 is 0 Å². The van der Waals surface area contributed by atoms with Crippen molar-refractivity contribution >= 4 is 27.6 Å². The molecule has 0 N–H and O–H groups in total. The molecule has 0 spiro atoms. The minimum absolute atomic E-state index is 0. The van der Waals surface area contributed by atoms with Gasteiger partial charge >= 0.3 is 44.7 Å². The van der Waals surface area contributed by atoms with Crippen LogP contribution in [0, 0.1) is 0 Å². The third kappa shape index (κ3) is 10.6. The molecule has 2 atom stereocenters. The summed E-state index contributed by atoms with van der Waals surface area (Å²) in [4.78, 5) is 9.62. The quantitative estimate of drug-likeness (QED) is 0.202. The fourth-order valence-electron chi connectivity index (χ4n) is 3.75. The maximum Gasteiger partial charge on any atom is 1.00 e. The first kappa shape index (κ1) is 31.0. The first-order chi connectivity index (χ1) is 17.2. The van der Waals surface area contributed by atoms with E-state index in [1.165, 1.54) is 0 Å². The van der Waals surface area contributed by atoms with Crippen LogP contribution in [-0.4, -0.2) is 80.3 Å². The molecule has 10 heteroatoms. The summed E-state index contributed by atoms with van der Waals surface area (Å²) in [6.07, 6.45) is 7.68. The Hall–Kier alpha value is -1.25. The third-order valence-electron chi connectivity index (χ3n) is 5.65. The SMILES string of the molecule is COCC[O][Al]([O]CCOC)[O]c1ccccc1C=N[C@@H]1CCCC[C@H]1N=Cc1ccccc1[O-].[Na+]. The van der Waals surface area contributed by atoms with Crippen LogP contribution in [0.1, 0.15) is 36.8 Å². The number of benzene rings is 2. The molecule has 0 aliphatic heterocycles. The second kappa shape index (κ2) is 18.1. The van der Waals surface area contributed by atoms with Crippen LogP contribution in [0.3, 0.4) is 0 Å². The van der Waals surface area contributed by atoms with Crippen LogP contribution in [0.4, 0.5) is 0 Å². The minimum Gasteiger partial charge on any atom is -0.872 e. The van der Waals surface area contributed by atoms with Gasteiger partial charge in [-0.1, -0.05) is 49.2 Å². The van der Waals surface area contributed by atoms with Crippen molar-refractivity contribution in [1.29, 1.82) is 0 Å². The smallest absolute Gasteiger partial charge is 0.872 e. The van der Waals surface area contributed by atoms with Gasteiger partial charge in [0, 0.05) is 45.4 Å². The second-order valence-corrected chi connectivity index (χ2v) is 9.66. The van der Waals surface area contributed by atoms with E-state index in [-0.39, 0.29) is 47.4 Å². The van der Waals surface area contributed by atoms with E-state index in [4.69, 9.17) is 30.8 Å². The number of aliphatic imine (C=N–C) groups is 2. The first-order valence-corrected chi connectivity index (χ1v) is 13.4. The zero-order valence-corrected chi connectivity index (χ0v) is 24.7. The van der Waals surface area contributed by atoms with E-state index in [1.807, 2.05) is 36.5 Å². The van der Waals surface area contributed by atoms with Gasteiger partial charge < -0.3 is 25.9 Å². The summed E-state index contributed by atoms with van der Waals surface area (Å²) < 4.78 is 27.9. The Labute approximate surface area is 241 Å². The molecule has 0 saturated heterocycles. The predicted octanol–water partition coefficient (Wildman–Crippen LogP) is 0.303. The fraction of sp³-hybridized carbons (Fsp3) is 0.462. The second-order valence-electron chi connectivity index (χ2n) is 8.18. The molecule has 188 valence electrons. The summed E-state index contributed by atoms with van der Waals surface area (Å²) in [7, 11) is 3.25. The van der Waals surface area contributed by atoms with Gasteiger partial charge in [-0.3, -0.25) is 9.98 Å². The largest absolute Gasteiger partial charge is 1.00 e. The van der Waals surface area contributed by atoms with Gasteiger partial charge in [0.05, 0.1) is 31.0 Å². The summed E-state index contributed by atoms with van der Waals surface area (Å²) in [6.45, 7) is 1.71. The Kier molecular flexibility index (Phi) is 15.6. The van der Waals surface area contributed by atoms with Crippen LogP contribution in [0.2, 0.25) is 0 Å². The number of ether oxygens (including phenoxy) is 2. The predicted molar refractivity (Wildman–Crippen MR) is 136 cm³/mol. The van der Waals surface area contributed by atoms with E-state index in [0.29, 0.717) is 37.7 Å². The minimum atomic E-state index is -2.45. The summed E-state index contributed by atoms with van der Waals surface area (Å²) in [5, 5.41) is 12.0. The first-order valence-electron chi connectivity index (χ1n) is 12.0. The van der Waals surface area contributed by atoms with Crippen molar-refractivity contribution in [2.75, 3.05) is 40.6 Å². The van der Waals surface area contributed by atoms with Crippen LogP contribution in [-0.2, 0) is 17.1 Å². The monoisotopic (exact) mass is 520 g/mol. The molecule has 0 bridgehead atoms. The van der Waals surface area contributed by atoms with Crippen molar-refractivity contribution in [3.63, 3.8) is 0 Å². The summed E-state index contributed by atoms with van der Waals surface area (Å²) >= 11 is -2.45. The zero-order chi connectivity index (χ0) is 24.7. The van der Waals surface area contributed by atoms with Gasteiger partial charge in [-0.2, -0.15) is 0 Å². The molecule has 1 aliphatic rings. The number of hydrogen-bond acceptors (Lipinski definition) is 8. The van der Waals surface area contributed by atoms with E-state index in [1.54, 1.807) is 38.6 Å². The van der Waals surface area contributed by atoms with Crippen LogP contribution < -0.4 is 38.5 Å².